The zero-order valence-electron chi connectivity index (χ0n) is 58.0. The van der Waals surface area contributed by atoms with E-state index in [-0.39, 0.29) is 0 Å². The molecule has 2 heterocycles. The van der Waals surface area contributed by atoms with Crippen LogP contribution in [0.3, 0.4) is 0 Å². The Bertz CT molecular complexity index is 7040. The van der Waals surface area contributed by atoms with E-state index in [9.17, 15) is 0 Å². The molecule has 0 spiro atoms. The van der Waals surface area contributed by atoms with Gasteiger partial charge in [-0.2, -0.15) is 0 Å². The van der Waals surface area contributed by atoms with Crippen molar-refractivity contribution in [1.82, 2.24) is 4.57 Å². The number of hydrogen-bond acceptors (Lipinski definition) is 1. The van der Waals surface area contributed by atoms with Crippen LogP contribution in [0.5, 0.6) is 0 Å². The normalized spacial score (nSPS) is 13.1. The zero-order chi connectivity index (χ0) is 69.9. The Morgan fingerprint density at radius 1 is 0.160 bits per heavy atom. The fraction of sp³-hybridized carbons (Fsp3) is 0. The monoisotopic (exact) mass is 1390 g/mol. The van der Waals surface area contributed by atoms with Gasteiger partial charge in [0, 0.05) is 36.6 Å². The number of para-hydroxylation sites is 2. The first-order chi connectivity index (χ1) is 52.5. The van der Waals surface area contributed by atoms with Gasteiger partial charge in [-0.3, -0.25) is 0 Å². The van der Waals surface area contributed by atoms with Crippen LogP contribution in [0.15, 0.2) is 406 Å². The third kappa shape index (κ3) is 9.65. The van der Waals surface area contributed by atoms with Gasteiger partial charge in [0.1, 0.15) is 0 Å². The van der Waals surface area contributed by atoms with E-state index in [1.165, 1.54) is 181 Å². The second kappa shape index (κ2) is 25.0. The molecule has 21 rings (SSSR count). The summed E-state index contributed by atoms with van der Waals surface area (Å²) in [5.74, 6) is 0. The van der Waals surface area contributed by atoms with Crippen LogP contribution in [0.2, 0.25) is 0 Å². The number of thiophene rings is 1. The van der Waals surface area contributed by atoms with Crippen molar-refractivity contribution >= 4 is 176 Å². The lowest BCUT2D eigenvalue weighted by Gasteiger charge is -2.35. The number of hydrogen-bond donors (Lipinski definition) is 0. The van der Waals surface area contributed by atoms with Crippen molar-refractivity contribution in [3.8, 4) is 39.1 Å². The van der Waals surface area contributed by atoms with Gasteiger partial charge in [-0.05, 0) is 188 Å². The molecular weight excluding hydrogens is 1330 g/mol. The number of fused-ring (bicyclic) bond motifs is 18. The molecule has 0 N–H and O–H groups in total. The predicted octanol–water partition coefficient (Wildman–Crippen LogP) is 21.8. The number of nitrogens with zero attached hydrogens (tertiary/aromatic N) is 1. The highest BCUT2D eigenvalue weighted by molar-refractivity contribution is 7.26. The Morgan fingerprint density at radius 2 is 0.453 bits per heavy atom. The number of rotatable bonds is 12. The highest BCUT2D eigenvalue weighted by Gasteiger charge is 2.44. The Hall–Kier alpha value is -12.8. The summed E-state index contributed by atoms with van der Waals surface area (Å²) >= 11 is 1.89. The molecule has 2 unspecified atom stereocenters. The van der Waals surface area contributed by atoms with Gasteiger partial charge in [0.2, 0.25) is 0 Å². The molecular formula is C102H67NSSi2. The Kier molecular flexibility index (Phi) is 14.6. The standard InChI is InChI=1S/C102H67NSSi2/c1-6-24-68(25-7-1)70-42-48-77(49-43-70)105(75-30-12-4-13-31-75,81-54-60-100-97(66-81)91-38-20-22-40-99(91)103(100)74-28-10-3-11-29-74)79-52-58-87-83-34-16-18-36-85(83)93-62-72(46-56-89(93)95(87)64-79)73-47-57-90-94(63-73)86-37-19-17-35-84(86)88-59-53-80(65-96(88)90)106(76-32-14-5-15-33-76,78-50-44-71(45-51-78)69-26-8-2-9-27-69)82-55-61-102-98(67-82)92-39-21-23-41-101(92)104-102/h1-67H. The van der Waals surface area contributed by atoms with Crippen molar-refractivity contribution in [2.24, 2.45) is 0 Å². The van der Waals surface area contributed by atoms with Crippen LogP contribution in [0.4, 0.5) is 0 Å². The fourth-order valence-electron chi connectivity index (χ4n) is 18.2. The molecule has 1 nitrogen and oxygen atoms in total. The molecule has 0 radical (unpaired) electrons. The second-order valence-corrected chi connectivity index (χ2v) is 37.2. The van der Waals surface area contributed by atoms with Crippen LogP contribution in [0.1, 0.15) is 0 Å². The summed E-state index contributed by atoms with van der Waals surface area (Å²) in [5.41, 5.74) is 10.8. The molecule has 4 heteroatoms. The first-order valence-electron chi connectivity index (χ1n) is 36.8. The molecule has 0 saturated heterocycles. The van der Waals surface area contributed by atoms with Crippen LogP contribution in [-0.2, 0) is 0 Å². The van der Waals surface area contributed by atoms with Gasteiger partial charge < -0.3 is 4.57 Å². The van der Waals surface area contributed by atoms with Crippen LogP contribution in [0.25, 0.3) is 146 Å². The lowest BCUT2D eigenvalue weighted by molar-refractivity contribution is 1.18. The molecule has 0 fully saturated rings. The maximum Gasteiger partial charge on any atom is 0.179 e. The maximum atomic E-state index is 2.60. The molecule has 106 heavy (non-hydrogen) atoms. The van der Waals surface area contributed by atoms with Crippen molar-refractivity contribution < 1.29 is 0 Å². The summed E-state index contributed by atoms with van der Waals surface area (Å²) < 4.78 is 5.07. The van der Waals surface area contributed by atoms with Crippen LogP contribution in [-0.4, -0.2) is 20.7 Å². The minimum Gasteiger partial charge on any atom is -0.309 e. The summed E-state index contributed by atoms with van der Waals surface area (Å²) in [4.78, 5) is 0. The van der Waals surface area contributed by atoms with Crippen LogP contribution >= 0.6 is 11.3 Å². The molecule has 2 aromatic heterocycles. The smallest absolute Gasteiger partial charge is 0.179 e. The van der Waals surface area contributed by atoms with Gasteiger partial charge in [0.25, 0.3) is 0 Å². The molecule has 21 aromatic rings. The molecule has 494 valence electrons. The fourth-order valence-corrected chi connectivity index (χ4v) is 28.8. The topological polar surface area (TPSA) is 4.93 Å². The second-order valence-electron chi connectivity index (χ2n) is 28.5. The van der Waals surface area contributed by atoms with Gasteiger partial charge in [0.15, 0.2) is 16.1 Å². The first-order valence-corrected chi connectivity index (χ1v) is 41.6. The van der Waals surface area contributed by atoms with Crippen molar-refractivity contribution in [2.75, 3.05) is 0 Å². The number of aromatic nitrogens is 1. The summed E-state index contributed by atoms with van der Waals surface area (Å²) in [6.07, 6.45) is 0. The summed E-state index contributed by atoms with van der Waals surface area (Å²) in [6, 6.07) is 155. The van der Waals surface area contributed by atoms with E-state index in [1.807, 2.05) is 11.3 Å². The van der Waals surface area contributed by atoms with Crippen molar-refractivity contribution in [1.29, 1.82) is 0 Å². The van der Waals surface area contributed by atoms with E-state index in [0.29, 0.717) is 0 Å². The Balaban J connectivity index is 0.764. The number of benzene rings is 19. The SMILES string of the molecule is c1ccc(-c2ccc([Si](c3ccccc3)(c3ccc4sc5ccccc5c4c3)c3ccc4c5ccccc5c5cc(-c6ccc7c(c6)c6ccccc6c6ccc([Si](c8ccccc8)(c8ccc(-c9ccccc9)cc8)c8ccc9c(c8)c8ccccc8n9-c8ccccc8)cc67)ccc5c4c3)cc2)cc1. The average Bonchev–Trinajstić information content (AvgIpc) is 1.05. The Morgan fingerprint density at radius 3 is 0.953 bits per heavy atom. The molecule has 2 atom stereocenters. The lowest BCUT2D eigenvalue weighted by atomic mass is 9.90. The van der Waals surface area contributed by atoms with E-state index >= 15 is 0 Å². The molecule has 0 saturated carbocycles. The molecule has 0 aliphatic carbocycles. The van der Waals surface area contributed by atoms with Gasteiger partial charge in [-0.25, -0.2) is 0 Å². The maximum absolute atomic E-state index is 3.21. The first kappa shape index (κ1) is 61.8. The van der Waals surface area contributed by atoms with Gasteiger partial charge in [-0.15, -0.1) is 11.3 Å². The molecule has 0 aliphatic heterocycles. The van der Waals surface area contributed by atoms with Gasteiger partial charge >= 0.3 is 0 Å². The minimum absolute atomic E-state index is 1.15. The highest BCUT2D eigenvalue weighted by Crippen LogP contribution is 2.42. The van der Waals surface area contributed by atoms with E-state index < -0.39 is 16.1 Å². The Labute approximate surface area is 621 Å². The summed E-state index contributed by atoms with van der Waals surface area (Å²) in [6.45, 7) is 0. The average molecular weight is 1390 g/mol. The van der Waals surface area contributed by atoms with Gasteiger partial charge in [0.05, 0.1) is 11.0 Å². The van der Waals surface area contributed by atoms with Gasteiger partial charge in [-0.1, -0.05) is 358 Å². The molecule has 19 aromatic carbocycles. The molecule has 0 bridgehead atoms. The largest absolute Gasteiger partial charge is 0.309 e. The van der Waals surface area contributed by atoms with Crippen molar-refractivity contribution in [3.05, 3.63) is 406 Å². The third-order valence-electron chi connectivity index (χ3n) is 23.1. The van der Waals surface area contributed by atoms with Crippen LogP contribution < -0.4 is 41.5 Å². The highest BCUT2D eigenvalue weighted by atomic mass is 32.1. The van der Waals surface area contributed by atoms with E-state index in [2.05, 4.69) is 411 Å². The predicted molar refractivity (Wildman–Crippen MR) is 462 cm³/mol. The zero-order valence-corrected chi connectivity index (χ0v) is 60.9. The van der Waals surface area contributed by atoms with E-state index in [1.54, 1.807) is 0 Å². The quantitative estimate of drug-likeness (QED) is 0.0653. The van der Waals surface area contributed by atoms with Crippen molar-refractivity contribution in [3.63, 3.8) is 0 Å². The summed E-state index contributed by atoms with van der Waals surface area (Å²) in [7, 11) is -6.32. The summed E-state index contributed by atoms with van der Waals surface area (Å²) in [5, 5.41) is 30.9. The van der Waals surface area contributed by atoms with Crippen molar-refractivity contribution in [2.45, 2.75) is 0 Å². The third-order valence-corrected chi connectivity index (χ3v) is 33.7. The van der Waals surface area contributed by atoms with E-state index in [0.717, 1.165) is 5.69 Å². The van der Waals surface area contributed by atoms with Crippen LogP contribution in [0, 0.1) is 0 Å². The lowest BCUT2D eigenvalue weighted by Crippen LogP contribution is -2.74. The van der Waals surface area contributed by atoms with E-state index in [4.69, 9.17) is 0 Å². The molecule has 0 amide bonds. The molecule has 0 aliphatic rings. The minimum atomic E-state index is -3.21.